The highest BCUT2D eigenvalue weighted by atomic mass is 16.1. The number of carbonyl (C=O) groups is 1. The van der Waals surface area contributed by atoms with Gasteiger partial charge in [-0.15, -0.1) is 0 Å². The van der Waals surface area contributed by atoms with Gasteiger partial charge in [0.15, 0.2) is 5.65 Å². The number of carbonyl (C=O) groups excluding carboxylic acids is 1. The molecule has 30 heavy (non-hydrogen) atoms. The van der Waals surface area contributed by atoms with Gasteiger partial charge in [0.1, 0.15) is 16.9 Å². The predicted octanol–water partition coefficient (Wildman–Crippen LogP) is 4.83. The third-order valence-corrected chi connectivity index (χ3v) is 5.87. The van der Waals surface area contributed by atoms with Crippen LogP contribution in [0.1, 0.15) is 62.7 Å². The SMILES string of the molecule is CC(C)CCNC(=O)c1c(N)n(CCC2=CCCCC2)c2nc3ccccc3nc12. The van der Waals surface area contributed by atoms with Gasteiger partial charge in [0.2, 0.25) is 0 Å². The zero-order chi connectivity index (χ0) is 21.1. The number of fused-ring (bicyclic) bond motifs is 2. The fourth-order valence-electron chi connectivity index (χ4n) is 4.12. The molecule has 1 aliphatic rings. The summed E-state index contributed by atoms with van der Waals surface area (Å²) in [5, 5.41) is 3.02. The minimum Gasteiger partial charge on any atom is -0.384 e. The predicted molar refractivity (Wildman–Crippen MR) is 122 cm³/mol. The molecule has 0 spiro atoms. The van der Waals surface area contributed by atoms with Crippen molar-refractivity contribution in [3.63, 3.8) is 0 Å². The number of nitrogens with zero attached hydrogens (tertiary/aromatic N) is 3. The zero-order valence-electron chi connectivity index (χ0n) is 17.9. The number of rotatable bonds is 7. The Morgan fingerprint density at radius 3 is 2.67 bits per heavy atom. The molecular formula is C24H31N5O. The van der Waals surface area contributed by atoms with Gasteiger partial charge in [-0.05, 0) is 56.6 Å². The van der Waals surface area contributed by atoms with E-state index >= 15 is 0 Å². The van der Waals surface area contributed by atoms with E-state index in [1.807, 2.05) is 28.8 Å². The fourth-order valence-corrected chi connectivity index (χ4v) is 4.12. The van der Waals surface area contributed by atoms with Crippen LogP contribution in [0.5, 0.6) is 0 Å². The molecule has 158 valence electrons. The van der Waals surface area contributed by atoms with Gasteiger partial charge in [0.25, 0.3) is 5.91 Å². The molecule has 0 atom stereocenters. The third-order valence-electron chi connectivity index (χ3n) is 5.87. The molecule has 0 unspecified atom stereocenters. The number of hydrogen-bond donors (Lipinski definition) is 2. The summed E-state index contributed by atoms with van der Waals surface area (Å²) in [6, 6.07) is 7.75. The largest absolute Gasteiger partial charge is 0.384 e. The van der Waals surface area contributed by atoms with E-state index in [9.17, 15) is 4.79 Å². The summed E-state index contributed by atoms with van der Waals surface area (Å²) in [5.74, 6) is 0.814. The Morgan fingerprint density at radius 1 is 1.20 bits per heavy atom. The molecule has 0 saturated carbocycles. The van der Waals surface area contributed by atoms with Gasteiger partial charge in [-0.2, -0.15) is 0 Å². The molecule has 0 bridgehead atoms. The second kappa shape index (κ2) is 8.86. The molecule has 0 radical (unpaired) electrons. The number of aromatic nitrogens is 3. The lowest BCUT2D eigenvalue weighted by atomic mass is 9.97. The van der Waals surface area contributed by atoms with E-state index in [-0.39, 0.29) is 5.91 Å². The lowest BCUT2D eigenvalue weighted by Crippen LogP contribution is -2.26. The molecule has 2 aromatic heterocycles. The molecule has 1 aromatic carbocycles. The van der Waals surface area contributed by atoms with Gasteiger partial charge in [0, 0.05) is 13.1 Å². The van der Waals surface area contributed by atoms with E-state index in [1.54, 1.807) is 0 Å². The van der Waals surface area contributed by atoms with Crippen LogP contribution in [0.2, 0.25) is 0 Å². The van der Waals surface area contributed by atoms with E-state index in [4.69, 9.17) is 15.7 Å². The van der Waals surface area contributed by atoms with Crippen LogP contribution >= 0.6 is 0 Å². The maximum absolute atomic E-state index is 13.0. The van der Waals surface area contributed by atoms with Gasteiger partial charge < -0.3 is 15.6 Å². The summed E-state index contributed by atoms with van der Waals surface area (Å²) in [6.07, 6.45) is 9.04. The van der Waals surface area contributed by atoms with Gasteiger partial charge >= 0.3 is 0 Å². The second-order valence-electron chi connectivity index (χ2n) is 8.59. The average molecular weight is 406 g/mol. The molecule has 6 heteroatoms. The van der Waals surface area contributed by atoms with Gasteiger partial charge in [0.05, 0.1) is 11.0 Å². The van der Waals surface area contributed by atoms with E-state index < -0.39 is 0 Å². The van der Waals surface area contributed by atoms with Crippen LogP contribution < -0.4 is 11.1 Å². The zero-order valence-corrected chi connectivity index (χ0v) is 17.9. The van der Waals surface area contributed by atoms with Crippen LogP contribution in [0, 0.1) is 5.92 Å². The summed E-state index contributed by atoms with van der Waals surface area (Å²) >= 11 is 0. The number of para-hydroxylation sites is 2. The van der Waals surface area contributed by atoms with Crippen LogP contribution in [-0.2, 0) is 6.54 Å². The number of nitrogen functional groups attached to an aromatic ring is 1. The fraction of sp³-hybridized carbons (Fsp3) is 0.458. The third kappa shape index (κ3) is 4.18. The Balaban J connectivity index is 1.73. The first-order chi connectivity index (χ1) is 14.5. The first-order valence-corrected chi connectivity index (χ1v) is 11.0. The van der Waals surface area contributed by atoms with E-state index in [0.29, 0.717) is 41.6 Å². The Morgan fingerprint density at radius 2 is 1.97 bits per heavy atom. The first-order valence-electron chi connectivity index (χ1n) is 11.0. The minimum atomic E-state index is -0.168. The van der Waals surface area contributed by atoms with Gasteiger partial charge in [-0.1, -0.05) is 37.6 Å². The smallest absolute Gasteiger partial charge is 0.257 e. The molecule has 0 aliphatic heterocycles. The number of allylic oxidation sites excluding steroid dienone is 2. The minimum absolute atomic E-state index is 0.168. The normalized spacial score (nSPS) is 14.4. The monoisotopic (exact) mass is 405 g/mol. The van der Waals surface area contributed by atoms with Crippen molar-refractivity contribution in [2.75, 3.05) is 12.3 Å². The summed E-state index contributed by atoms with van der Waals surface area (Å²) in [4.78, 5) is 22.6. The molecule has 4 rings (SSSR count). The van der Waals surface area contributed by atoms with Crippen molar-refractivity contribution < 1.29 is 4.79 Å². The average Bonchev–Trinajstić information content (AvgIpc) is 3.01. The lowest BCUT2D eigenvalue weighted by molar-refractivity contribution is 0.0954. The maximum Gasteiger partial charge on any atom is 0.257 e. The van der Waals surface area contributed by atoms with Gasteiger partial charge in [-0.25, -0.2) is 9.97 Å². The molecule has 1 aliphatic carbocycles. The highest BCUT2D eigenvalue weighted by Gasteiger charge is 2.24. The summed E-state index contributed by atoms with van der Waals surface area (Å²) in [6.45, 7) is 5.62. The topological polar surface area (TPSA) is 85.8 Å². The molecule has 0 saturated heterocycles. The van der Waals surface area contributed by atoms with Crippen molar-refractivity contribution in [1.82, 2.24) is 19.9 Å². The molecule has 0 fully saturated rings. The van der Waals surface area contributed by atoms with Gasteiger partial charge in [-0.3, -0.25) is 4.79 Å². The van der Waals surface area contributed by atoms with Crippen molar-refractivity contribution in [2.45, 2.75) is 58.9 Å². The standard InChI is InChI=1S/C24H31N5O/c1-16(2)12-14-26-24(30)20-21-23(28-19-11-7-6-10-18(19)27-21)29(22(20)25)15-13-17-8-4-3-5-9-17/h6-8,10-11,16H,3-5,9,12-15,25H2,1-2H3,(H,26,30). The summed E-state index contributed by atoms with van der Waals surface area (Å²) in [7, 11) is 0. The number of amides is 1. The van der Waals surface area contributed by atoms with E-state index in [2.05, 4.69) is 25.2 Å². The number of nitrogens with two attached hydrogens (primary N) is 1. The molecule has 3 aromatic rings. The molecule has 1 amide bonds. The van der Waals surface area contributed by atoms with Crippen molar-refractivity contribution >= 4 is 33.9 Å². The number of hydrogen-bond acceptors (Lipinski definition) is 4. The van der Waals surface area contributed by atoms with E-state index in [0.717, 1.165) is 36.7 Å². The maximum atomic E-state index is 13.0. The van der Waals surface area contributed by atoms with Crippen LogP contribution in [-0.4, -0.2) is 27.0 Å². The van der Waals surface area contributed by atoms with Crippen molar-refractivity contribution in [3.8, 4) is 0 Å². The Kier molecular flexibility index (Phi) is 6.02. The summed E-state index contributed by atoms with van der Waals surface area (Å²) < 4.78 is 1.97. The number of benzene rings is 1. The Hall–Kier alpha value is -2.89. The number of anilines is 1. The van der Waals surface area contributed by atoms with Crippen LogP contribution in [0.4, 0.5) is 5.82 Å². The highest BCUT2D eigenvalue weighted by Crippen LogP contribution is 2.29. The summed E-state index contributed by atoms with van der Waals surface area (Å²) in [5.41, 5.74) is 11.3. The molecule has 6 nitrogen and oxygen atoms in total. The lowest BCUT2D eigenvalue weighted by Gasteiger charge is -2.14. The van der Waals surface area contributed by atoms with Crippen molar-refractivity contribution in [3.05, 3.63) is 41.5 Å². The first kappa shape index (κ1) is 20.4. The number of nitrogens with one attached hydrogen (secondary N) is 1. The quantitative estimate of drug-likeness (QED) is 0.551. The van der Waals surface area contributed by atoms with Crippen LogP contribution in [0.3, 0.4) is 0 Å². The Bertz CT molecular complexity index is 1100. The van der Waals surface area contributed by atoms with Crippen LogP contribution in [0.25, 0.3) is 22.2 Å². The highest BCUT2D eigenvalue weighted by molar-refractivity contribution is 6.10. The Labute approximate surface area is 177 Å². The van der Waals surface area contributed by atoms with Crippen molar-refractivity contribution in [1.29, 1.82) is 0 Å². The van der Waals surface area contributed by atoms with E-state index in [1.165, 1.54) is 18.4 Å². The molecule has 3 N–H and O–H groups in total. The molecular weight excluding hydrogens is 374 g/mol. The van der Waals surface area contributed by atoms with Crippen LogP contribution in [0.15, 0.2) is 35.9 Å². The van der Waals surface area contributed by atoms with Crippen molar-refractivity contribution in [2.24, 2.45) is 5.92 Å². The second-order valence-corrected chi connectivity index (χ2v) is 8.59. The number of aryl methyl sites for hydroxylation is 1. The molecule has 2 heterocycles.